The van der Waals surface area contributed by atoms with Gasteiger partial charge in [-0.15, -0.1) is 0 Å². The molecule has 27 heavy (non-hydrogen) atoms. The third kappa shape index (κ3) is 4.02. The molecule has 2 aromatic carbocycles. The average molecular weight is 409 g/mol. The first-order valence-corrected chi connectivity index (χ1v) is 11.7. The van der Waals surface area contributed by atoms with E-state index in [9.17, 15) is 16.8 Å². The van der Waals surface area contributed by atoms with Crippen LogP contribution >= 0.6 is 0 Å². The second-order valence-corrected chi connectivity index (χ2v) is 10.8. The summed E-state index contributed by atoms with van der Waals surface area (Å²) < 4.78 is 54.1. The second kappa shape index (κ2) is 7.26. The molecule has 0 spiro atoms. The topological polar surface area (TPSA) is 83.5 Å². The summed E-state index contributed by atoms with van der Waals surface area (Å²) >= 11 is 0. The van der Waals surface area contributed by atoms with Crippen molar-refractivity contribution in [2.45, 2.75) is 42.4 Å². The molecule has 0 unspecified atom stereocenters. The minimum Gasteiger partial charge on any atom is -0.280 e. The fourth-order valence-corrected chi connectivity index (χ4v) is 5.47. The summed E-state index contributed by atoms with van der Waals surface area (Å²) in [6, 6.07) is 9.74. The third-order valence-corrected chi connectivity index (χ3v) is 8.17. The zero-order chi connectivity index (χ0) is 19.8. The molecule has 1 N–H and O–H groups in total. The van der Waals surface area contributed by atoms with E-state index >= 15 is 0 Å². The van der Waals surface area contributed by atoms with Crippen molar-refractivity contribution in [3.8, 4) is 0 Å². The van der Waals surface area contributed by atoms with Crippen molar-refractivity contribution < 1.29 is 16.8 Å². The molecule has 1 aliphatic carbocycles. The average Bonchev–Trinajstić information content (AvgIpc) is 2.62. The molecule has 0 fully saturated rings. The molecule has 0 saturated carbocycles. The molecule has 0 saturated heterocycles. The predicted octanol–water partition coefficient (Wildman–Crippen LogP) is 2.92. The first-order valence-electron chi connectivity index (χ1n) is 8.79. The summed E-state index contributed by atoms with van der Waals surface area (Å²) in [5.74, 6) is 0. The number of benzene rings is 2. The van der Waals surface area contributed by atoms with E-state index in [1.54, 1.807) is 31.2 Å². The van der Waals surface area contributed by atoms with Gasteiger partial charge in [-0.2, -0.15) is 0 Å². The number of aryl methyl sites for hydroxylation is 3. The fourth-order valence-electron chi connectivity index (χ4n) is 3.23. The van der Waals surface area contributed by atoms with E-state index in [0.29, 0.717) is 5.56 Å². The van der Waals surface area contributed by atoms with Crippen molar-refractivity contribution in [2.24, 2.45) is 0 Å². The lowest BCUT2D eigenvalue weighted by Gasteiger charge is -2.18. The lowest BCUT2D eigenvalue weighted by Crippen LogP contribution is -2.23. The van der Waals surface area contributed by atoms with E-state index < -0.39 is 20.0 Å². The van der Waals surface area contributed by atoms with E-state index in [1.165, 1.54) is 25.7 Å². The van der Waals surface area contributed by atoms with Crippen LogP contribution in [0.15, 0.2) is 46.2 Å². The SMILES string of the molecule is Cc1ccc(NS(=O)(=O)c2ccc3c(c2)CCCC3)cc1S(=O)(=O)N(C)C. The van der Waals surface area contributed by atoms with Crippen molar-refractivity contribution in [3.63, 3.8) is 0 Å². The molecule has 0 aliphatic heterocycles. The Morgan fingerprint density at radius 2 is 1.56 bits per heavy atom. The number of anilines is 1. The van der Waals surface area contributed by atoms with Gasteiger partial charge < -0.3 is 0 Å². The van der Waals surface area contributed by atoms with Crippen LogP contribution in [-0.2, 0) is 32.9 Å². The van der Waals surface area contributed by atoms with Gasteiger partial charge in [0.2, 0.25) is 10.0 Å². The highest BCUT2D eigenvalue weighted by Gasteiger charge is 2.22. The van der Waals surface area contributed by atoms with E-state index in [0.717, 1.165) is 35.6 Å². The number of fused-ring (bicyclic) bond motifs is 1. The van der Waals surface area contributed by atoms with Gasteiger partial charge in [0.25, 0.3) is 10.0 Å². The molecular formula is C19H24N2O4S2. The largest absolute Gasteiger partial charge is 0.280 e. The summed E-state index contributed by atoms with van der Waals surface area (Å²) in [5.41, 5.74) is 3.05. The Balaban J connectivity index is 1.95. The Kier molecular flexibility index (Phi) is 5.33. The summed E-state index contributed by atoms with van der Waals surface area (Å²) in [5, 5.41) is 0. The van der Waals surface area contributed by atoms with Crippen LogP contribution in [0.1, 0.15) is 29.5 Å². The second-order valence-electron chi connectivity index (χ2n) is 7.01. The standard InChI is InChI=1S/C19H24N2O4S2/c1-14-8-10-17(13-19(14)27(24,25)21(2)3)20-26(22,23)18-11-9-15-6-4-5-7-16(15)12-18/h8-13,20H,4-7H2,1-3H3. The van der Waals surface area contributed by atoms with Crippen LogP contribution in [0.4, 0.5) is 5.69 Å². The quantitative estimate of drug-likeness (QED) is 0.824. The van der Waals surface area contributed by atoms with E-state index in [2.05, 4.69) is 4.72 Å². The molecule has 0 bridgehead atoms. The highest BCUT2D eigenvalue weighted by atomic mass is 32.2. The molecule has 0 amide bonds. The van der Waals surface area contributed by atoms with Gasteiger partial charge in [0.05, 0.1) is 15.5 Å². The Morgan fingerprint density at radius 1 is 0.889 bits per heavy atom. The van der Waals surface area contributed by atoms with Gasteiger partial charge in [-0.05, 0) is 73.6 Å². The maximum absolute atomic E-state index is 12.8. The van der Waals surface area contributed by atoms with Gasteiger partial charge in [0, 0.05) is 14.1 Å². The highest BCUT2D eigenvalue weighted by molar-refractivity contribution is 7.92. The lowest BCUT2D eigenvalue weighted by atomic mass is 9.92. The summed E-state index contributed by atoms with van der Waals surface area (Å²) in [7, 11) is -4.58. The van der Waals surface area contributed by atoms with Gasteiger partial charge in [0.1, 0.15) is 0 Å². The number of nitrogens with one attached hydrogen (secondary N) is 1. The van der Waals surface area contributed by atoms with Crippen molar-refractivity contribution in [1.29, 1.82) is 0 Å². The molecule has 0 aromatic heterocycles. The molecule has 8 heteroatoms. The first kappa shape index (κ1) is 19.9. The predicted molar refractivity (Wildman–Crippen MR) is 106 cm³/mol. The molecule has 3 rings (SSSR count). The van der Waals surface area contributed by atoms with E-state index in [4.69, 9.17) is 0 Å². The monoisotopic (exact) mass is 408 g/mol. The van der Waals surface area contributed by atoms with Crippen LogP contribution in [0.3, 0.4) is 0 Å². The summed E-state index contributed by atoms with van der Waals surface area (Å²) in [6.45, 7) is 1.68. The van der Waals surface area contributed by atoms with Crippen LogP contribution in [0.5, 0.6) is 0 Å². The molecular weight excluding hydrogens is 384 g/mol. The molecule has 2 aromatic rings. The number of rotatable bonds is 5. The van der Waals surface area contributed by atoms with Crippen molar-refractivity contribution in [3.05, 3.63) is 53.1 Å². The Bertz CT molecular complexity index is 1070. The third-order valence-electron chi connectivity index (χ3n) is 4.83. The van der Waals surface area contributed by atoms with Gasteiger partial charge in [-0.3, -0.25) is 4.72 Å². The number of nitrogens with zero attached hydrogens (tertiary/aromatic N) is 1. The molecule has 146 valence electrons. The Labute approximate surface area is 161 Å². The molecule has 6 nitrogen and oxygen atoms in total. The molecule has 0 radical (unpaired) electrons. The van der Waals surface area contributed by atoms with Crippen molar-refractivity contribution in [1.82, 2.24) is 4.31 Å². The fraction of sp³-hybridized carbons (Fsp3) is 0.368. The minimum absolute atomic E-state index is 0.0816. The first-order chi connectivity index (χ1) is 12.6. The normalized spacial score (nSPS) is 14.8. The summed E-state index contributed by atoms with van der Waals surface area (Å²) in [4.78, 5) is 0.277. The van der Waals surface area contributed by atoms with E-state index in [1.807, 2.05) is 6.07 Å². The zero-order valence-electron chi connectivity index (χ0n) is 15.7. The smallest absolute Gasteiger partial charge is 0.261 e. The van der Waals surface area contributed by atoms with Gasteiger partial charge in [-0.1, -0.05) is 12.1 Å². The van der Waals surface area contributed by atoms with Gasteiger partial charge >= 0.3 is 0 Å². The number of hydrogen-bond acceptors (Lipinski definition) is 4. The van der Waals surface area contributed by atoms with Crippen LogP contribution in [0, 0.1) is 6.92 Å². The number of hydrogen-bond donors (Lipinski definition) is 1. The van der Waals surface area contributed by atoms with Crippen LogP contribution < -0.4 is 4.72 Å². The van der Waals surface area contributed by atoms with Crippen LogP contribution in [0.25, 0.3) is 0 Å². The molecule has 0 atom stereocenters. The highest BCUT2D eigenvalue weighted by Crippen LogP contribution is 2.27. The maximum atomic E-state index is 12.8. The number of sulfonamides is 2. The van der Waals surface area contributed by atoms with Crippen molar-refractivity contribution in [2.75, 3.05) is 18.8 Å². The van der Waals surface area contributed by atoms with Crippen LogP contribution in [-0.4, -0.2) is 35.2 Å². The summed E-state index contributed by atoms with van der Waals surface area (Å²) in [6.07, 6.45) is 4.05. The lowest BCUT2D eigenvalue weighted by molar-refractivity contribution is 0.520. The maximum Gasteiger partial charge on any atom is 0.261 e. The Morgan fingerprint density at radius 3 is 2.22 bits per heavy atom. The van der Waals surface area contributed by atoms with Crippen LogP contribution in [0.2, 0.25) is 0 Å². The van der Waals surface area contributed by atoms with Crippen molar-refractivity contribution >= 4 is 25.7 Å². The Hall–Kier alpha value is -1.90. The van der Waals surface area contributed by atoms with Gasteiger partial charge in [0.15, 0.2) is 0 Å². The van der Waals surface area contributed by atoms with Gasteiger partial charge in [-0.25, -0.2) is 21.1 Å². The molecule has 0 heterocycles. The molecule has 1 aliphatic rings. The minimum atomic E-state index is -3.80. The van der Waals surface area contributed by atoms with E-state index in [-0.39, 0.29) is 15.5 Å². The zero-order valence-corrected chi connectivity index (χ0v) is 17.3.